The maximum absolute atomic E-state index is 8.94. The van der Waals surface area contributed by atoms with Crippen molar-refractivity contribution in [1.29, 1.82) is 5.26 Å². The summed E-state index contributed by atoms with van der Waals surface area (Å²) >= 11 is 3.33. The van der Waals surface area contributed by atoms with Crippen LogP contribution >= 0.6 is 15.9 Å². The van der Waals surface area contributed by atoms with Crippen molar-refractivity contribution in [2.45, 2.75) is 26.9 Å². The second kappa shape index (κ2) is 5.18. The van der Waals surface area contributed by atoms with Gasteiger partial charge in [0.1, 0.15) is 11.8 Å². The molecule has 0 bridgehead atoms. The molecule has 0 aliphatic carbocycles. The maximum Gasteiger partial charge on any atom is 0.137 e. The van der Waals surface area contributed by atoms with Gasteiger partial charge in [-0.25, -0.2) is 0 Å². The summed E-state index contributed by atoms with van der Waals surface area (Å²) in [4.78, 5) is 0. The third-order valence-electron chi connectivity index (χ3n) is 2.31. The Labute approximate surface area is 99.0 Å². The van der Waals surface area contributed by atoms with E-state index >= 15 is 0 Å². The van der Waals surface area contributed by atoms with E-state index in [2.05, 4.69) is 35.8 Å². The molecule has 2 nitrogen and oxygen atoms in total. The van der Waals surface area contributed by atoms with Crippen molar-refractivity contribution in [2.75, 3.05) is 0 Å². The van der Waals surface area contributed by atoms with Gasteiger partial charge in [-0.1, -0.05) is 29.8 Å². The van der Waals surface area contributed by atoms with Crippen LogP contribution in [0, 0.1) is 17.2 Å². The topological polar surface area (TPSA) is 33.0 Å². The summed E-state index contributed by atoms with van der Waals surface area (Å²) in [5, 5.41) is 8.94. The number of hydrogen-bond acceptors (Lipinski definition) is 2. The van der Waals surface area contributed by atoms with Gasteiger partial charge in [-0.3, -0.25) is 0 Å². The number of nitriles is 1. The predicted molar refractivity (Wildman–Crippen MR) is 63.8 cm³/mol. The van der Waals surface area contributed by atoms with Crippen LogP contribution in [-0.2, 0) is 0 Å². The Kier molecular flexibility index (Phi) is 4.16. The van der Waals surface area contributed by atoms with Crippen LogP contribution in [-0.4, -0.2) is 6.10 Å². The molecule has 0 N–H and O–H groups in total. The lowest BCUT2D eigenvalue weighted by Gasteiger charge is -2.18. The average Bonchev–Trinajstić information content (AvgIpc) is 2.20. The van der Waals surface area contributed by atoms with Crippen LogP contribution in [0.1, 0.15) is 26.3 Å². The minimum atomic E-state index is 0.110. The predicted octanol–water partition coefficient (Wildman–Crippen LogP) is 3.74. The molecule has 0 aliphatic heterocycles. The van der Waals surface area contributed by atoms with E-state index in [1.54, 1.807) is 6.07 Å². The molecule has 0 spiro atoms. The normalized spacial score (nSPS) is 12.3. The molecule has 0 heterocycles. The van der Waals surface area contributed by atoms with Crippen LogP contribution in [0.5, 0.6) is 5.75 Å². The maximum atomic E-state index is 8.94. The lowest BCUT2D eigenvalue weighted by atomic mass is 10.1. The Balaban J connectivity index is 2.91. The minimum absolute atomic E-state index is 0.110. The van der Waals surface area contributed by atoms with Gasteiger partial charge in [0.25, 0.3) is 0 Å². The van der Waals surface area contributed by atoms with E-state index in [4.69, 9.17) is 10.00 Å². The fourth-order valence-corrected chi connectivity index (χ4v) is 1.39. The van der Waals surface area contributed by atoms with Gasteiger partial charge >= 0.3 is 0 Å². The third kappa shape index (κ3) is 3.24. The first kappa shape index (κ1) is 12.1. The molecule has 0 aliphatic rings. The van der Waals surface area contributed by atoms with Crippen molar-refractivity contribution in [3.63, 3.8) is 0 Å². The number of rotatable bonds is 3. The van der Waals surface area contributed by atoms with Gasteiger partial charge in [-0.05, 0) is 31.0 Å². The lowest BCUT2D eigenvalue weighted by molar-refractivity contribution is 0.170. The van der Waals surface area contributed by atoms with Crippen LogP contribution in [0.4, 0.5) is 0 Å². The van der Waals surface area contributed by atoms with E-state index in [1.165, 1.54) is 0 Å². The first-order valence-corrected chi connectivity index (χ1v) is 5.70. The van der Waals surface area contributed by atoms with Crippen molar-refractivity contribution in [2.24, 2.45) is 5.92 Å². The zero-order valence-corrected chi connectivity index (χ0v) is 10.7. The first-order chi connectivity index (χ1) is 7.04. The molecule has 1 atom stereocenters. The number of benzene rings is 1. The molecule has 80 valence electrons. The highest BCUT2D eigenvalue weighted by molar-refractivity contribution is 9.10. The van der Waals surface area contributed by atoms with E-state index in [1.807, 2.05) is 19.1 Å². The molecule has 3 heteroatoms. The van der Waals surface area contributed by atoms with Gasteiger partial charge in [-0.2, -0.15) is 5.26 Å². The highest BCUT2D eigenvalue weighted by atomic mass is 79.9. The molecule has 1 rings (SSSR count). The smallest absolute Gasteiger partial charge is 0.137 e. The monoisotopic (exact) mass is 267 g/mol. The van der Waals surface area contributed by atoms with Gasteiger partial charge in [0, 0.05) is 4.47 Å². The summed E-state index contributed by atoms with van der Waals surface area (Å²) in [6.45, 7) is 6.19. The summed E-state index contributed by atoms with van der Waals surface area (Å²) < 4.78 is 6.60. The molecular formula is C12H14BrNO. The molecule has 0 aromatic heterocycles. The summed E-state index contributed by atoms with van der Waals surface area (Å²) in [7, 11) is 0. The summed E-state index contributed by atoms with van der Waals surface area (Å²) in [5.41, 5.74) is 0.567. The molecule has 0 radical (unpaired) electrons. The van der Waals surface area contributed by atoms with Gasteiger partial charge in [0.15, 0.2) is 0 Å². The van der Waals surface area contributed by atoms with Crippen LogP contribution in [0.2, 0.25) is 0 Å². The van der Waals surface area contributed by atoms with E-state index in [0.29, 0.717) is 17.2 Å². The molecule has 15 heavy (non-hydrogen) atoms. The molecule has 1 aromatic rings. The van der Waals surface area contributed by atoms with Crippen LogP contribution < -0.4 is 4.74 Å². The van der Waals surface area contributed by atoms with Crippen molar-refractivity contribution < 1.29 is 4.74 Å². The highest BCUT2D eigenvalue weighted by Crippen LogP contribution is 2.24. The van der Waals surface area contributed by atoms with Gasteiger partial charge in [-0.15, -0.1) is 0 Å². The first-order valence-electron chi connectivity index (χ1n) is 4.91. The Hall–Kier alpha value is -1.01. The largest absolute Gasteiger partial charge is 0.489 e. The van der Waals surface area contributed by atoms with Crippen molar-refractivity contribution in [3.05, 3.63) is 28.2 Å². The van der Waals surface area contributed by atoms with E-state index in [9.17, 15) is 0 Å². The Morgan fingerprint density at radius 2 is 2.00 bits per heavy atom. The molecule has 0 saturated heterocycles. The Bertz CT molecular complexity index is 382. The quantitative estimate of drug-likeness (QED) is 0.836. The zero-order valence-electron chi connectivity index (χ0n) is 9.12. The third-order valence-corrected chi connectivity index (χ3v) is 2.81. The molecule has 0 saturated carbocycles. The van der Waals surface area contributed by atoms with E-state index in [-0.39, 0.29) is 6.10 Å². The summed E-state index contributed by atoms with van der Waals surface area (Å²) in [6.07, 6.45) is 0.110. The highest BCUT2D eigenvalue weighted by Gasteiger charge is 2.11. The zero-order chi connectivity index (χ0) is 11.4. The molecule has 1 unspecified atom stereocenters. The van der Waals surface area contributed by atoms with E-state index in [0.717, 1.165) is 4.47 Å². The fourth-order valence-electron chi connectivity index (χ4n) is 1.03. The molecule has 0 amide bonds. The number of ether oxygens (including phenoxy) is 1. The Morgan fingerprint density at radius 3 is 2.53 bits per heavy atom. The van der Waals surface area contributed by atoms with Gasteiger partial charge < -0.3 is 4.74 Å². The van der Waals surface area contributed by atoms with Crippen LogP contribution in [0.3, 0.4) is 0 Å². The van der Waals surface area contributed by atoms with Crippen molar-refractivity contribution in [1.82, 2.24) is 0 Å². The van der Waals surface area contributed by atoms with E-state index < -0.39 is 0 Å². The fraction of sp³-hybridized carbons (Fsp3) is 0.417. The lowest BCUT2D eigenvalue weighted by Crippen LogP contribution is -2.19. The summed E-state index contributed by atoms with van der Waals surface area (Å²) in [5.74, 6) is 1.09. The molecule has 1 aromatic carbocycles. The second-order valence-electron chi connectivity index (χ2n) is 3.82. The van der Waals surface area contributed by atoms with Crippen LogP contribution in [0.25, 0.3) is 0 Å². The average molecular weight is 268 g/mol. The SMILES string of the molecule is CC(C)C(C)Oc1ccc(Br)cc1C#N. The van der Waals surface area contributed by atoms with Crippen molar-refractivity contribution >= 4 is 15.9 Å². The van der Waals surface area contributed by atoms with Gasteiger partial charge in [0.05, 0.1) is 11.7 Å². The number of hydrogen-bond donors (Lipinski definition) is 0. The standard InChI is InChI=1S/C12H14BrNO/c1-8(2)9(3)15-12-5-4-11(13)6-10(12)7-14/h4-6,8-9H,1-3H3. The van der Waals surface area contributed by atoms with Crippen LogP contribution in [0.15, 0.2) is 22.7 Å². The molecule has 0 fully saturated rings. The molecular weight excluding hydrogens is 254 g/mol. The minimum Gasteiger partial charge on any atom is -0.489 e. The number of halogens is 1. The Morgan fingerprint density at radius 1 is 1.33 bits per heavy atom. The summed E-state index contributed by atoms with van der Waals surface area (Å²) in [6, 6.07) is 7.59. The van der Waals surface area contributed by atoms with Crippen molar-refractivity contribution in [3.8, 4) is 11.8 Å². The second-order valence-corrected chi connectivity index (χ2v) is 4.73. The number of nitrogens with zero attached hydrogens (tertiary/aromatic N) is 1. The van der Waals surface area contributed by atoms with Gasteiger partial charge in [0.2, 0.25) is 0 Å².